The molecule has 1 heterocycles. The average molecular weight is 279 g/mol. The van der Waals surface area contributed by atoms with E-state index < -0.39 is 16.2 Å². The third-order valence-corrected chi connectivity index (χ3v) is 3.68. The highest BCUT2D eigenvalue weighted by atomic mass is 32.2. The van der Waals surface area contributed by atoms with Gasteiger partial charge in [-0.05, 0) is 13.8 Å². The molecule has 9 heteroatoms. The molecule has 0 bridgehead atoms. The molecule has 0 unspecified atom stereocenters. The van der Waals surface area contributed by atoms with Crippen molar-refractivity contribution in [2.24, 2.45) is 0 Å². The molecular weight excluding hydrogens is 266 g/mol. The number of rotatable bonds is 6. The normalized spacial score (nSPS) is 11.7. The Kier molecular flexibility index (Phi) is 4.43. The Morgan fingerprint density at radius 3 is 2.76 bits per heavy atom. The van der Waals surface area contributed by atoms with E-state index in [4.69, 9.17) is 5.11 Å². The van der Waals surface area contributed by atoms with E-state index >= 15 is 0 Å². The first kappa shape index (κ1) is 13.9. The van der Waals surface area contributed by atoms with Crippen molar-refractivity contribution in [1.29, 1.82) is 0 Å². The molecular formula is C8H13N3O4S2. The fourth-order valence-corrected chi connectivity index (χ4v) is 3.07. The van der Waals surface area contributed by atoms with Gasteiger partial charge in [0.25, 0.3) is 0 Å². The molecule has 0 aliphatic rings. The van der Waals surface area contributed by atoms with Crippen LogP contribution in [0.15, 0.2) is 5.38 Å². The maximum absolute atomic E-state index is 11.5. The second-order valence-corrected chi connectivity index (χ2v) is 5.90. The Morgan fingerprint density at radius 2 is 2.24 bits per heavy atom. The summed E-state index contributed by atoms with van der Waals surface area (Å²) in [5.41, 5.74) is 0.324. The highest BCUT2D eigenvalue weighted by Gasteiger charge is 2.14. The third-order valence-electron chi connectivity index (χ3n) is 1.50. The topological polar surface area (TPSA) is 108 Å². The quantitative estimate of drug-likeness (QED) is 0.699. The lowest BCUT2D eigenvalue weighted by molar-refractivity contribution is -0.136. The number of hydrogen-bond acceptors (Lipinski definition) is 5. The summed E-state index contributed by atoms with van der Waals surface area (Å²) in [6, 6.07) is -0.231. The van der Waals surface area contributed by atoms with Gasteiger partial charge in [0.05, 0.1) is 12.1 Å². The van der Waals surface area contributed by atoms with Crippen LogP contribution in [0.25, 0.3) is 0 Å². The SMILES string of the molecule is CC(C)NS(=O)(=O)Nc1nc(CC(=O)O)cs1. The van der Waals surface area contributed by atoms with Gasteiger partial charge in [0, 0.05) is 11.4 Å². The zero-order valence-corrected chi connectivity index (χ0v) is 10.9. The largest absolute Gasteiger partial charge is 0.481 e. The first-order valence-electron chi connectivity index (χ1n) is 4.75. The molecule has 17 heavy (non-hydrogen) atoms. The number of hydrogen-bond donors (Lipinski definition) is 3. The van der Waals surface area contributed by atoms with E-state index in [0.717, 1.165) is 11.3 Å². The summed E-state index contributed by atoms with van der Waals surface area (Å²) in [6.45, 7) is 3.38. The first-order chi connectivity index (χ1) is 7.78. The van der Waals surface area contributed by atoms with Crippen molar-refractivity contribution in [1.82, 2.24) is 9.71 Å². The summed E-state index contributed by atoms with van der Waals surface area (Å²) >= 11 is 1.04. The lowest BCUT2D eigenvalue weighted by Gasteiger charge is -2.09. The minimum absolute atomic E-state index is 0.148. The van der Waals surface area contributed by atoms with Crippen molar-refractivity contribution in [3.8, 4) is 0 Å². The number of aliphatic carboxylic acids is 1. The molecule has 1 aromatic rings. The van der Waals surface area contributed by atoms with Crippen molar-refractivity contribution in [2.75, 3.05) is 4.72 Å². The van der Waals surface area contributed by atoms with E-state index in [9.17, 15) is 13.2 Å². The first-order valence-corrected chi connectivity index (χ1v) is 7.11. The molecule has 0 aliphatic heterocycles. The molecule has 7 nitrogen and oxygen atoms in total. The Morgan fingerprint density at radius 1 is 1.59 bits per heavy atom. The predicted octanol–water partition coefficient (Wildman–Crippen LogP) is 0.425. The number of anilines is 1. The Labute approximate surface area is 103 Å². The van der Waals surface area contributed by atoms with Gasteiger partial charge in [-0.15, -0.1) is 11.3 Å². The van der Waals surface area contributed by atoms with E-state index in [1.807, 2.05) is 0 Å². The van der Waals surface area contributed by atoms with Crippen LogP contribution in [0.3, 0.4) is 0 Å². The molecule has 0 fully saturated rings. The van der Waals surface area contributed by atoms with Crippen molar-refractivity contribution in [3.05, 3.63) is 11.1 Å². The van der Waals surface area contributed by atoms with Crippen molar-refractivity contribution < 1.29 is 18.3 Å². The second kappa shape index (κ2) is 5.43. The zero-order chi connectivity index (χ0) is 13.1. The summed E-state index contributed by atoms with van der Waals surface area (Å²) in [6.07, 6.45) is -0.226. The maximum atomic E-state index is 11.5. The standard InChI is InChI=1S/C8H13N3O4S2/c1-5(2)10-17(14,15)11-8-9-6(4-16-8)3-7(12)13/h4-5,10H,3H2,1-2H3,(H,9,11)(H,12,13). The predicted molar refractivity (Wildman–Crippen MR) is 64.3 cm³/mol. The van der Waals surface area contributed by atoms with Crippen LogP contribution in [0.1, 0.15) is 19.5 Å². The minimum Gasteiger partial charge on any atom is -0.481 e. The van der Waals surface area contributed by atoms with Gasteiger partial charge in [-0.3, -0.25) is 4.79 Å². The van der Waals surface area contributed by atoms with Crippen LogP contribution >= 0.6 is 11.3 Å². The second-order valence-electron chi connectivity index (χ2n) is 3.59. The number of carboxylic acid groups (broad SMARTS) is 1. The van der Waals surface area contributed by atoms with Crippen molar-refractivity contribution >= 4 is 32.6 Å². The minimum atomic E-state index is -3.65. The van der Waals surface area contributed by atoms with Gasteiger partial charge in [-0.25, -0.2) is 9.71 Å². The number of thiazole rings is 1. The van der Waals surface area contributed by atoms with E-state index in [2.05, 4.69) is 14.4 Å². The van der Waals surface area contributed by atoms with E-state index in [1.54, 1.807) is 13.8 Å². The Hall–Kier alpha value is -1.19. The van der Waals surface area contributed by atoms with Crippen molar-refractivity contribution in [2.45, 2.75) is 26.3 Å². The Balaban J connectivity index is 2.69. The van der Waals surface area contributed by atoms with Gasteiger partial charge >= 0.3 is 16.2 Å². The third kappa shape index (κ3) is 5.11. The number of nitrogens with one attached hydrogen (secondary N) is 2. The Bertz CT molecular complexity index is 495. The summed E-state index contributed by atoms with van der Waals surface area (Å²) in [5, 5.41) is 10.2. The molecule has 3 N–H and O–H groups in total. The van der Waals surface area contributed by atoms with Crippen LogP contribution in [-0.2, 0) is 21.4 Å². The molecule has 0 saturated carbocycles. The van der Waals surface area contributed by atoms with Gasteiger partial charge in [0.2, 0.25) is 0 Å². The van der Waals surface area contributed by atoms with Crippen LogP contribution in [-0.4, -0.2) is 30.5 Å². The summed E-state index contributed by atoms with van der Waals surface area (Å²) < 4.78 is 27.5. The molecule has 0 spiro atoms. The lowest BCUT2D eigenvalue weighted by atomic mass is 10.3. The summed E-state index contributed by atoms with van der Waals surface area (Å²) in [4.78, 5) is 14.3. The fraction of sp³-hybridized carbons (Fsp3) is 0.500. The van der Waals surface area contributed by atoms with Crippen LogP contribution in [0.5, 0.6) is 0 Å². The van der Waals surface area contributed by atoms with Crippen LogP contribution in [0, 0.1) is 0 Å². The highest BCUT2D eigenvalue weighted by molar-refractivity contribution is 7.91. The number of carboxylic acids is 1. The monoisotopic (exact) mass is 279 g/mol. The summed E-state index contributed by atoms with van der Waals surface area (Å²) in [5.74, 6) is -1.01. The molecule has 0 aliphatic carbocycles. The number of nitrogens with zero attached hydrogens (tertiary/aromatic N) is 1. The number of aromatic nitrogens is 1. The highest BCUT2D eigenvalue weighted by Crippen LogP contribution is 2.16. The number of carbonyl (C=O) groups is 1. The van der Waals surface area contributed by atoms with Gasteiger partial charge in [-0.2, -0.15) is 13.1 Å². The molecule has 0 atom stereocenters. The smallest absolute Gasteiger partial charge is 0.309 e. The van der Waals surface area contributed by atoms with E-state index in [0.29, 0.717) is 5.69 Å². The van der Waals surface area contributed by atoms with Crippen LogP contribution < -0.4 is 9.44 Å². The van der Waals surface area contributed by atoms with E-state index in [-0.39, 0.29) is 17.6 Å². The van der Waals surface area contributed by atoms with Gasteiger partial charge < -0.3 is 5.11 Å². The molecule has 1 aromatic heterocycles. The van der Waals surface area contributed by atoms with Crippen LogP contribution in [0.2, 0.25) is 0 Å². The molecule has 0 radical (unpaired) electrons. The fourth-order valence-electron chi connectivity index (χ4n) is 1.04. The van der Waals surface area contributed by atoms with Crippen LogP contribution in [0.4, 0.5) is 5.13 Å². The van der Waals surface area contributed by atoms with Crippen molar-refractivity contribution in [3.63, 3.8) is 0 Å². The van der Waals surface area contributed by atoms with Gasteiger partial charge in [-0.1, -0.05) is 0 Å². The summed E-state index contributed by atoms with van der Waals surface area (Å²) in [7, 11) is -3.65. The molecule has 96 valence electrons. The maximum Gasteiger partial charge on any atom is 0.309 e. The molecule has 0 saturated heterocycles. The van der Waals surface area contributed by atoms with E-state index in [1.165, 1.54) is 5.38 Å². The average Bonchev–Trinajstić information content (AvgIpc) is 2.46. The molecule has 0 amide bonds. The van der Waals surface area contributed by atoms with Gasteiger partial charge in [0.15, 0.2) is 5.13 Å². The molecule has 0 aromatic carbocycles. The van der Waals surface area contributed by atoms with Gasteiger partial charge in [0.1, 0.15) is 0 Å². The lowest BCUT2D eigenvalue weighted by Crippen LogP contribution is -2.35. The molecule has 1 rings (SSSR count). The zero-order valence-electron chi connectivity index (χ0n) is 9.30.